The average molecular weight is 127 g/mol. The van der Waals surface area contributed by atoms with Crippen molar-refractivity contribution >= 4 is 8.80 Å². The maximum atomic E-state index is 8.28. The van der Waals surface area contributed by atoms with E-state index in [1.807, 2.05) is 0 Å². The Balaban J connectivity index is 3.25. The van der Waals surface area contributed by atoms with E-state index >= 15 is 0 Å². The van der Waals surface area contributed by atoms with Gasteiger partial charge in [0.2, 0.25) is 0 Å². The molecule has 0 fully saturated rings. The van der Waals surface area contributed by atoms with Gasteiger partial charge in [0, 0.05) is 6.04 Å². The molecule has 0 unspecified atom stereocenters. The van der Waals surface area contributed by atoms with E-state index in [1.165, 1.54) is 12.1 Å². The minimum atomic E-state index is -0.553. The lowest BCUT2D eigenvalue weighted by Crippen LogP contribution is -2.05. The van der Waals surface area contributed by atoms with Crippen molar-refractivity contribution < 1.29 is 0 Å². The van der Waals surface area contributed by atoms with Crippen molar-refractivity contribution in [2.45, 2.75) is 32.0 Å². The second kappa shape index (κ2) is 4.86. The monoisotopic (exact) mass is 127 g/mol. The van der Waals surface area contributed by atoms with E-state index in [1.54, 1.807) is 0 Å². The van der Waals surface area contributed by atoms with Crippen molar-refractivity contribution in [3.8, 4) is 6.07 Å². The topological polar surface area (TPSA) is 23.8 Å². The maximum Gasteiger partial charge on any atom is 0.0587 e. The van der Waals surface area contributed by atoms with Gasteiger partial charge in [-0.3, -0.25) is 0 Å². The summed E-state index contributed by atoms with van der Waals surface area (Å²) in [5.74, 6) is 0. The molecule has 0 N–H and O–H groups in total. The molecule has 46 valence electrons. The predicted octanol–water partition coefficient (Wildman–Crippen LogP) is 1.78. The molecule has 0 bridgehead atoms. The van der Waals surface area contributed by atoms with E-state index in [-0.39, 0.29) is 0 Å². The third-order valence-corrected chi connectivity index (χ3v) is 4.60. The van der Waals surface area contributed by atoms with Crippen LogP contribution in [0.1, 0.15) is 13.8 Å². The summed E-state index contributed by atoms with van der Waals surface area (Å²) in [6.07, 6.45) is 0. The molecule has 0 aliphatic heterocycles. The SMILES string of the molecule is CC[SiH](CC)CC#N. The van der Waals surface area contributed by atoms with Gasteiger partial charge in [0.15, 0.2) is 0 Å². The molecule has 0 aromatic carbocycles. The zero-order valence-electron chi connectivity index (χ0n) is 5.65. The Hall–Kier alpha value is -0.293. The fourth-order valence-corrected chi connectivity index (χ4v) is 2.12. The Morgan fingerprint density at radius 3 is 2.00 bits per heavy atom. The lowest BCUT2D eigenvalue weighted by Gasteiger charge is -2.01. The largest absolute Gasteiger partial charge is 0.199 e. The fraction of sp³-hybridized carbons (Fsp3) is 0.833. The van der Waals surface area contributed by atoms with Gasteiger partial charge in [0.1, 0.15) is 0 Å². The van der Waals surface area contributed by atoms with Gasteiger partial charge in [0.05, 0.1) is 14.9 Å². The lowest BCUT2D eigenvalue weighted by atomic mass is 10.9. The summed E-state index contributed by atoms with van der Waals surface area (Å²) in [4.78, 5) is 0. The lowest BCUT2D eigenvalue weighted by molar-refractivity contribution is 1.28. The van der Waals surface area contributed by atoms with E-state index in [9.17, 15) is 0 Å². The van der Waals surface area contributed by atoms with Crippen molar-refractivity contribution in [2.75, 3.05) is 0 Å². The Morgan fingerprint density at radius 1 is 1.38 bits per heavy atom. The molecule has 0 radical (unpaired) electrons. The van der Waals surface area contributed by atoms with Crippen LogP contribution in [0.15, 0.2) is 0 Å². The number of nitrogens with zero attached hydrogens (tertiary/aromatic N) is 1. The average Bonchev–Trinajstić information content (AvgIpc) is 1.83. The molecule has 0 rings (SSSR count). The molecule has 0 aliphatic carbocycles. The van der Waals surface area contributed by atoms with Crippen LogP contribution in [0.2, 0.25) is 18.1 Å². The van der Waals surface area contributed by atoms with Crippen LogP contribution in [0.5, 0.6) is 0 Å². The molecular formula is C6H13NSi. The van der Waals surface area contributed by atoms with E-state index in [0.29, 0.717) is 0 Å². The maximum absolute atomic E-state index is 8.28. The Kier molecular flexibility index (Phi) is 4.68. The number of rotatable bonds is 3. The molecule has 0 aromatic rings. The normalized spacial score (nSPS) is 9.25. The third kappa shape index (κ3) is 2.81. The molecule has 0 spiro atoms. The third-order valence-electron chi connectivity index (χ3n) is 1.53. The highest BCUT2D eigenvalue weighted by molar-refractivity contribution is 6.59. The first kappa shape index (κ1) is 7.71. The number of hydrogen-bond acceptors (Lipinski definition) is 1. The van der Waals surface area contributed by atoms with E-state index in [2.05, 4.69) is 19.9 Å². The van der Waals surface area contributed by atoms with Crippen LogP contribution in [0.25, 0.3) is 0 Å². The minimum Gasteiger partial charge on any atom is -0.199 e. The van der Waals surface area contributed by atoms with Crippen molar-refractivity contribution in [1.29, 1.82) is 5.26 Å². The molecule has 0 saturated heterocycles. The highest BCUT2D eigenvalue weighted by Gasteiger charge is 2.01. The predicted molar refractivity (Wildman–Crippen MR) is 38.5 cm³/mol. The van der Waals surface area contributed by atoms with Crippen molar-refractivity contribution in [2.24, 2.45) is 0 Å². The van der Waals surface area contributed by atoms with Crippen LogP contribution in [-0.4, -0.2) is 8.80 Å². The molecule has 0 heterocycles. The molecular weight excluding hydrogens is 114 g/mol. The molecule has 2 heteroatoms. The Labute approximate surface area is 52.9 Å². The van der Waals surface area contributed by atoms with E-state index in [4.69, 9.17) is 5.26 Å². The molecule has 0 aromatic heterocycles. The summed E-state index contributed by atoms with van der Waals surface area (Å²) in [6, 6.07) is 5.66. The minimum absolute atomic E-state index is 0.553. The Morgan fingerprint density at radius 2 is 1.88 bits per heavy atom. The molecule has 0 amide bonds. The fourth-order valence-electron chi connectivity index (χ4n) is 0.706. The first-order valence-electron chi connectivity index (χ1n) is 3.22. The smallest absolute Gasteiger partial charge is 0.0587 e. The summed E-state index contributed by atoms with van der Waals surface area (Å²) >= 11 is 0. The summed E-state index contributed by atoms with van der Waals surface area (Å²) < 4.78 is 0. The van der Waals surface area contributed by atoms with Crippen LogP contribution in [0, 0.1) is 11.3 Å². The van der Waals surface area contributed by atoms with Gasteiger partial charge in [-0.25, -0.2) is 0 Å². The van der Waals surface area contributed by atoms with Crippen LogP contribution < -0.4 is 0 Å². The summed E-state index contributed by atoms with van der Waals surface area (Å²) in [7, 11) is -0.553. The molecule has 0 atom stereocenters. The summed E-state index contributed by atoms with van der Waals surface area (Å²) in [6.45, 7) is 4.38. The number of hydrogen-bond donors (Lipinski definition) is 0. The summed E-state index contributed by atoms with van der Waals surface area (Å²) in [5, 5.41) is 8.28. The summed E-state index contributed by atoms with van der Waals surface area (Å²) in [5.41, 5.74) is 0. The van der Waals surface area contributed by atoms with Crippen molar-refractivity contribution in [1.82, 2.24) is 0 Å². The first-order valence-corrected chi connectivity index (χ1v) is 5.67. The van der Waals surface area contributed by atoms with Crippen LogP contribution in [0.3, 0.4) is 0 Å². The molecule has 1 nitrogen and oxygen atoms in total. The molecule has 8 heavy (non-hydrogen) atoms. The van der Waals surface area contributed by atoms with Gasteiger partial charge in [-0.2, -0.15) is 5.26 Å². The second-order valence-electron chi connectivity index (χ2n) is 2.04. The highest BCUT2D eigenvalue weighted by Crippen LogP contribution is 2.01. The second-order valence-corrected chi connectivity index (χ2v) is 5.82. The quantitative estimate of drug-likeness (QED) is 0.530. The van der Waals surface area contributed by atoms with Gasteiger partial charge in [-0.15, -0.1) is 0 Å². The van der Waals surface area contributed by atoms with Crippen molar-refractivity contribution in [3.63, 3.8) is 0 Å². The number of nitriles is 1. The Bertz CT molecular complexity index is 81.0. The van der Waals surface area contributed by atoms with E-state index in [0.717, 1.165) is 6.04 Å². The van der Waals surface area contributed by atoms with Gasteiger partial charge >= 0.3 is 0 Å². The van der Waals surface area contributed by atoms with Gasteiger partial charge < -0.3 is 0 Å². The van der Waals surface area contributed by atoms with Gasteiger partial charge in [-0.1, -0.05) is 25.9 Å². The molecule has 0 saturated carbocycles. The van der Waals surface area contributed by atoms with Crippen LogP contribution in [0.4, 0.5) is 0 Å². The van der Waals surface area contributed by atoms with E-state index < -0.39 is 8.80 Å². The van der Waals surface area contributed by atoms with Gasteiger partial charge in [0.25, 0.3) is 0 Å². The van der Waals surface area contributed by atoms with Crippen LogP contribution >= 0.6 is 0 Å². The zero-order valence-corrected chi connectivity index (χ0v) is 6.80. The first-order chi connectivity index (χ1) is 3.85. The zero-order chi connectivity index (χ0) is 6.41. The standard InChI is InChI=1S/C6H13NSi/c1-3-8(4-2)6-5-7/h8H,3-4,6H2,1-2H3. The van der Waals surface area contributed by atoms with Gasteiger partial charge in [-0.05, 0) is 0 Å². The molecule has 0 aliphatic rings. The van der Waals surface area contributed by atoms with Crippen molar-refractivity contribution in [3.05, 3.63) is 0 Å². The highest BCUT2D eigenvalue weighted by atomic mass is 28.3. The van der Waals surface area contributed by atoms with Crippen LogP contribution in [-0.2, 0) is 0 Å².